The van der Waals surface area contributed by atoms with Gasteiger partial charge >= 0.3 is 5.97 Å². The number of benzene rings is 1. The average Bonchev–Trinajstić information content (AvgIpc) is 2.52. The van der Waals surface area contributed by atoms with Gasteiger partial charge in [-0.05, 0) is 30.0 Å². The summed E-state index contributed by atoms with van der Waals surface area (Å²) in [5.74, 6) is -3.44. The van der Waals surface area contributed by atoms with E-state index in [0.717, 1.165) is 0 Å². The van der Waals surface area contributed by atoms with Gasteiger partial charge in [-0.1, -0.05) is 18.2 Å². The summed E-state index contributed by atoms with van der Waals surface area (Å²) in [5.41, 5.74) is 0.913. The lowest BCUT2D eigenvalue weighted by Crippen LogP contribution is -2.08. The van der Waals surface area contributed by atoms with Gasteiger partial charge in [-0.2, -0.15) is 14.0 Å². The summed E-state index contributed by atoms with van der Waals surface area (Å²) in [5, 5.41) is 8.87. The van der Waals surface area contributed by atoms with Gasteiger partial charge < -0.3 is 4.74 Å². The van der Waals surface area contributed by atoms with Crippen molar-refractivity contribution < 1.29 is 18.3 Å². The van der Waals surface area contributed by atoms with Crippen molar-refractivity contribution in [1.82, 2.24) is 4.98 Å². The number of aromatic nitrogens is 1. The third-order valence-electron chi connectivity index (χ3n) is 2.69. The van der Waals surface area contributed by atoms with E-state index in [1.165, 1.54) is 18.3 Å². The molecule has 0 fully saturated rings. The summed E-state index contributed by atoms with van der Waals surface area (Å²) in [7, 11) is 0. The second-order valence-electron chi connectivity index (χ2n) is 4.08. The van der Waals surface area contributed by atoms with Crippen LogP contribution in [0.1, 0.15) is 21.5 Å². The van der Waals surface area contributed by atoms with Crippen molar-refractivity contribution in [2.75, 3.05) is 0 Å². The molecule has 0 atom stereocenters. The number of thioether (sulfide) groups is 1. The van der Waals surface area contributed by atoms with Crippen LogP contribution in [0, 0.1) is 11.3 Å². The molecule has 0 N–H and O–H groups in total. The summed E-state index contributed by atoms with van der Waals surface area (Å²) in [6.45, 7) is -0.115. The topological polar surface area (TPSA) is 63.0 Å². The Bertz CT molecular complexity index is 717. The Morgan fingerprint density at radius 2 is 2.09 bits per heavy atom. The van der Waals surface area contributed by atoms with E-state index in [0.29, 0.717) is 11.1 Å². The van der Waals surface area contributed by atoms with Crippen molar-refractivity contribution in [3.63, 3.8) is 0 Å². The lowest BCUT2D eigenvalue weighted by atomic mass is 10.1. The van der Waals surface area contributed by atoms with E-state index in [4.69, 9.17) is 10.00 Å². The van der Waals surface area contributed by atoms with Crippen LogP contribution in [0.25, 0.3) is 0 Å². The van der Waals surface area contributed by atoms with Crippen molar-refractivity contribution in [2.24, 2.45) is 0 Å². The molecule has 7 heteroatoms. The molecule has 0 amide bonds. The molecule has 0 aliphatic heterocycles. The predicted octanol–water partition coefficient (Wildman–Crippen LogP) is 3.62. The van der Waals surface area contributed by atoms with Crippen molar-refractivity contribution in [2.45, 2.75) is 17.4 Å². The third-order valence-corrected chi connectivity index (χ3v) is 3.42. The molecular formula is C15H10F2N2O2S. The molecule has 0 saturated heterocycles. The number of carbonyl (C=O) groups is 1. The van der Waals surface area contributed by atoms with Gasteiger partial charge in [-0.15, -0.1) is 0 Å². The number of hydrogen-bond acceptors (Lipinski definition) is 5. The first-order chi connectivity index (χ1) is 10.6. The Hall–Kier alpha value is -2.46. The van der Waals surface area contributed by atoms with Crippen molar-refractivity contribution in [1.29, 1.82) is 5.26 Å². The molecule has 112 valence electrons. The van der Waals surface area contributed by atoms with E-state index in [-0.39, 0.29) is 29.0 Å². The number of hydrogen-bond donors (Lipinski definition) is 0. The monoisotopic (exact) mass is 320 g/mol. The minimum absolute atomic E-state index is 0.0257. The predicted molar refractivity (Wildman–Crippen MR) is 76.4 cm³/mol. The number of ether oxygens (including phenoxy) is 1. The molecule has 1 aromatic carbocycles. The molecule has 0 spiro atoms. The number of pyridine rings is 1. The Morgan fingerprint density at radius 3 is 2.82 bits per heavy atom. The van der Waals surface area contributed by atoms with Crippen LogP contribution in [0.4, 0.5) is 8.78 Å². The van der Waals surface area contributed by atoms with Gasteiger partial charge in [0.25, 0.3) is 5.76 Å². The third kappa shape index (κ3) is 4.02. The normalized spacial score (nSPS) is 10.3. The van der Waals surface area contributed by atoms with Crippen LogP contribution in [-0.2, 0) is 11.3 Å². The fourth-order valence-corrected chi connectivity index (χ4v) is 2.27. The van der Waals surface area contributed by atoms with Gasteiger partial charge in [0.2, 0.25) is 0 Å². The molecule has 22 heavy (non-hydrogen) atoms. The van der Waals surface area contributed by atoms with Crippen LogP contribution in [0.2, 0.25) is 0 Å². The van der Waals surface area contributed by atoms with E-state index < -0.39 is 11.7 Å². The highest BCUT2D eigenvalue weighted by Crippen LogP contribution is 2.26. The fourth-order valence-electron chi connectivity index (χ4n) is 1.70. The zero-order chi connectivity index (χ0) is 15.9. The molecule has 1 heterocycles. The van der Waals surface area contributed by atoms with Crippen LogP contribution >= 0.6 is 11.8 Å². The largest absolute Gasteiger partial charge is 0.457 e. The summed E-state index contributed by atoms with van der Waals surface area (Å²) in [6.07, 6.45) is 1.33. The Labute approximate surface area is 129 Å². The SMILES string of the molecule is N#Cc1ccccc1COC(=O)c1cccnc1SC(F)F. The van der Waals surface area contributed by atoms with Crippen molar-refractivity contribution >= 4 is 17.7 Å². The lowest BCUT2D eigenvalue weighted by molar-refractivity contribution is 0.0467. The number of nitriles is 1. The van der Waals surface area contributed by atoms with Gasteiger partial charge in [0, 0.05) is 11.8 Å². The molecule has 0 bridgehead atoms. The maximum Gasteiger partial charge on any atom is 0.341 e. The lowest BCUT2D eigenvalue weighted by Gasteiger charge is -2.09. The smallest absolute Gasteiger partial charge is 0.341 e. The number of nitrogens with zero attached hydrogens (tertiary/aromatic N) is 2. The van der Waals surface area contributed by atoms with Crippen LogP contribution in [0.5, 0.6) is 0 Å². The number of halogens is 2. The molecule has 0 saturated carbocycles. The fraction of sp³-hybridized carbons (Fsp3) is 0.133. The maximum absolute atomic E-state index is 12.4. The molecular weight excluding hydrogens is 310 g/mol. The Balaban J connectivity index is 2.12. The summed E-state index contributed by atoms with van der Waals surface area (Å²) >= 11 is 0.185. The first-order valence-electron chi connectivity index (χ1n) is 6.16. The van der Waals surface area contributed by atoms with Gasteiger partial charge in [-0.25, -0.2) is 9.78 Å². The van der Waals surface area contributed by atoms with Gasteiger partial charge in [0.1, 0.15) is 11.6 Å². The zero-order valence-electron chi connectivity index (χ0n) is 11.2. The molecule has 0 radical (unpaired) electrons. The van der Waals surface area contributed by atoms with E-state index >= 15 is 0 Å². The van der Waals surface area contributed by atoms with E-state index in [9.17, 15) is 13.6 Å². The number of esters is 1. The highest BCUT2D eigenvalue weighted by Gasteiger charge is 2.18. The zero-order valence-corrected chi connectivity index (χ0v) is 12.0. The maximum atomic E-state index is 12.4. The Morgan fingerprint density at radius 1 is 1.32 bits per heavy atom. The van der Waals surface area contributed by atoms with Crippen LogP contribution in [-0.4, -0.2) is 16.7 Å². The second kappa shape index (κ2) is 7.52. The molecule has 4 nitrogen and oxygen atoms in total. The molecule has 0 unspecified atom stereocenters. The van der Waals surface area contributed by atoms with E-state index in [1.807, 2.05) is 6.07 Å². The summed E-state index contributed by atoms with van der Waals surface area (Å²) in [6, 6.07) is 11.5. The summed E-state index contributed by atoms with van der Waals surface area (Å²) < 4.78 is 30.0. The Kier molecular flexibility index (Phi) is 5.44. The highest BCUT2D eigenvalue weighted by molar-refractivity contribution is 7.99. The molecule has 0 aliphatic carbocycles. The van der Waals surface area contributed by atoms with E-state index in [1.54, 1.807) is 24.3 Å². The van der Waals surface area contributed by atoms with Crippen molar-refractivity contribution in [3.8, 4) is 6.07 Å². The molecule has 2 aromatic rings. The summed E-state index contributed by atoms with van der Waals surface area (Å²) in [4.78, 5) is 15.8. The van der Waals surface area contributed by atoms with Gasteiger partial charge in [-0.3, -0.25) is 0 Å². The molecule has 0 aliphatic rings. The minimum atomic E-state index is -2.68. The van der Waals surface area contributed by atoms with E-state index in [2.05, 4.69) is 4.98 Å². The first kappa shape index (κ1) is 15.9. The second-order valence-corrected chi connectivity index (χ2v) is 5.06. The van der Waals surface area contributed by atoms with Gasteiger partial charge in [0.05, 0.1) is 17.2 Å². The van der Waals surface area contributed by atoms with Crippen LogP contribution < -0.4 is 0 Å². The standard InChI is InChI=1S/C15H10F2N2O2S/c16-15(17)22-13-12(6-3-7-19-13)14(20)21-9-11-5-2-1-4-10(11)8-18/h1-7,15H,9H2. The quantitative estimate of drug-likeness (QED) is 0.622. The number of alkyl halides is 2. The minimum Gasteiger partial charge on any atom is -0.457 e. The van der Waals surface area contributed by atoms with Crippen LogP contribution in [0.3, 0.4) is 0 Å². The average molecular weight is 320 g/mol. The number of carbonyl (C=O) groups excluding carboxylic acids is 1. The van der Waals surface area contributed by atoms with Crippen LogP contribution in [0.15, 0.2) is 47.6 Å². The molecule has 2 rings (SSSR count). The van der Waals surface area contributed by atoms with Crippen molar-refractivity contribution in [3.05, 3.63) is 59.3 Å². The number of rotatable bonds is 5. The highest BCUT2D eigenvalue weighted by atomic mass is 32.2. The molecule has 1 aromatic heterocycles. The first-order valence-corrected chi connectivity index (χ1v) is 7.04. The van der Waals surface area contributed by atoms with Gasteiger partial charge in [0.15, 0.2) is 0 Å².